The lowest BCUT2D eigenvalue weighted by molar-refractivity contribution is -0.119. The largest absolute Gasteiger partial charge is 0.507 e. The van der Waals surface area contributed by atoms with Crippen molar-refractivity contribution >= 4 is 50.2 Å². The van der Waals surface area contributed by atoms with Crippen molar-refractivity contribution in [1.82, 2.24) is 5.43 Å². The molecule has 0 bridgehead atoms. The van der Waals surface area contributed by atoms with Crippen LogP contribution < -0.4 is 9.73 Å². The Kier molecular flexibility index (Phi) is 7.28. The van der Waals surface area contributed by atoms with Gasteiger partial charge in [-0.2, -0.15) is 5.10 Å². The fourth-order valence-corrected chi connectivity index (χ4v) is 5.22. The van der Waals surface area contributed by atoms with E-state index in [-0.39, 0.29) is 10.6 Å². The highest BCUT2D eigenvalue weighted by Crippen LogP contribution is 2.27. The standard InChI is InChI=1S/C27H24ClN3O4S/c1-18-7-11-22(15-19(18)2)31(36(34,35)23-12-9-21(28)10-13-23)17-27(33)30-29-16-25-24-6-4-3-5-20(24)8-14-26(25)32/h3-16,32H,17H2,1-2H3,(H,30,33)/b29-16-. The molecule has 0 aliphatic heterocycles. The SMILES string of the molecule is Cc1ccc(N(CC(=O)N/N=C\c2c(O)ccc3ccccc23)S(=O)(=O)c2ccc(Cl)cc2)cc1C. The second-order valence-corrected chi connectivity index (χ2v) is 10.5. The smallest absolute Gasteiger partial charge is 0.264 e. The van der Waals surface area contributed by atoms with Gasteiger partial charge in [0.2, 0.25) is 0 Å². The minimum absolute atomic E-state index is 0.00195. The summed E-state index contributed by atoms with van der Waals surface area (Å²) in [5.41, 5.74) is 5.03. The van der Waals surface area contributed by atoms with E-state index >= 15 is 0 Å². The second kappa shape index (κ2) is 10.4. The number of aromatic hydroxyl groups is 1. The molecule has 184 valence electrons. The van der Waals surface area contributed by atoms with Gasteiger partial charge in [0.25, 0.3) is 15.9 Å². The molecule has 7 nitrogen and oxygen atoms in total. The van der Waals surface area contributed by atoms with Gasteiger partial charge < -0.3 is 5.11 Å². The molecule has 0 unspecified atom stereocenters. The number of carbonyl (C=O) groups is 1. The molecule has 9 heteroatoms. The molecule has 0 fully saturated rings. The number of fused-ring (bicyclic) bond motifs is 1. The maximum absolute atomic E-state index is 13.5. The third-order valence-corrected chi connectivity index (χ3v) is 7.84. The highest BCUT2D eigenvalue weighted by molar-refractivity contribution is 7.92. The normalized spacial score (nSPS) is 11.6. The Morgan fingerprint density at radius 1 is 1.00 bits per heavy atom. The summed E-state index contributed by atoms with van der Waals surface area (Å²) in [6.07, 6.45) is 1.34. The number of hydrazone groups is 1. The highest BCUT2D eigenvalue weighted by Gasteiger charge is 2.27. The zero-order chi connectivity index (χ0) is 25.9. The number of hydrogen-bond donors (Lipinski definition) is 2. The van der Waals surface area contributed by atoms with Crippen LogP contribution >= 0.6 is 11.6 Å². The van der Waals surface area contributed by atoms with E-state index in [0.29, 0.717) is 16.3 Å². The molecule has 0 radical (unpaired) electrons. The molecular formula is C27H24ClN3O4S. The zero-order valence-corrected chi connectivity index (χ0v) is 21.2. The van der Waals surface area contributed by atoms with Crippen LogP contribution in [0.2, 0.25) is 5.02 Å². The first kappa shape index (κ1) is 25.2. The van der Waals surface area contributed by atoms with Gasteiger partial charge in [-0.05, 0) is 78.2 Å². The fourth-order valence-electron chi connectivity index (χ4n) is 3.68. The molecule has 2 N–H and O–H groups in total. The number of benzene rings is 4. The Balaban J connectivity index is 1.62. The molecule has 36 heavy (non-hydrogen) atoms. The van der Waals surface area contributed by atoms with Crippen molar-refractivity contribution in [3.63, 3.8) is 0 Å². The van der Waals surface area contributed by atoms with Gasteiger partial charge in [-0.3, -0.25) is 9.10 Å². The molecule has 1 amide bonds. The van der Waals surface area contributed by atoms with Gasteiger partial charge in [0, 0.05) is 10.6 Å². The Bertz CT molecular complexity index is 1570. The third kappa shape index (κ3) is 5.35. The summed E-state index contributed by atoms with van der Waals surface area (Å²) in [5.74, 6) is -0.643. The molecular weight excluding hydrogens is 498 g/mol. The van der Waals surface area contributed by atoms with Crippen LogP contribution in [0.4, 0.5) is 5.69 Å². The van der Waals surface area contributed by atoms with Crippen LogP contribution in [0.25, 0.3) is 10.8 Å². The molecule has 0 saturated heterocycles. The summed E-state index contributed by atoms with van der Waals surface area (Å²) in [6, 6.07) is 21.7. The molecule has 0 atom stereocenters. The van der Waals surface area contributed by atoms with Gasteiger partial charge >= 0.3 is 0 Å². The Morgan fingerprint density at radius 3 is 2.44 bits per heavy atom. The van der Waals surface area contributed by atoms with Gasteiger partial charge in [-0.1, -0.05) is 48.0 Å². The van der Waals surface area contributed by atoms with Crippen LogP contribution in [-0.4, -0.2) is 32.2 Å². The van der Waals surface area contributed by atoms with Gasteiger partial charge in [-0.15, -0.1) is 0 Å². The summed E-state index contributed by atoms with van der Waals surface area (Å²) in [7, 11) is -4.09. The molecule has 4 rings (SSSR count). The monoisotopic (exact) mass is 521 g/mol. The summed E-state index contributed by atoms with van der Waals surface area (Å²) in [4.78, 5) is 12.8. The van der Waals surface area contributed by atoms with E-state index in [9.17, 15) is 18.3 Å². The minimum atomic E-state index is -4.09. The highest BCUT2D eigenvalue weighted by atomic mass is 35.5. The van der Waals surface area contributed by atoms with Crippen molar-refractivity contribution in [3.8, 4) is 5.75 Å². The molecule has 0 aliphatic rings. The molecule has 4 aromatic rings. The summed E-state index contributed by atoms with van der Waals surface area (Å²) in [5, 5.41) is 16.3. The van der Waals surface area contributed by atoms with Gasteiger partial charge in [0.1, 0.15) is 12.3 Å². The van der Waals surface area contributed by atoms with E-state index in [1.165, 1.54) is 30.5 Å². The summed E-state index contributed by atoms with van der Waals surface area (Å²) in [6.45, 7) is 3.28. The number of aryl methyl sites for hydroxylation is 2. The number of phenolic OH excluding ortho intramolecular Hbond substituents is 1. The summed E-state index contributed by atoms with van der Waals surface area (Å²) < 4.78 is 28.0. The number of amides is 1. The van der Waals surface area contributed by atoms with Gasteiger partial charge in [-0.25, -0.2) is 13.8 Å². The minimum Gasteiger partial charge on any atom is -0.507 e. The van der Waals surface area contributed by atoms with Crippen molar-refractivity contribution in [1.29, 1.82) is 0 Å². The number of carbonyl (C=O) groups excluding carboxylic acids is 1. The number of nitrogens with zero attached hydrogens (tertiary/aromatic N) is 2. The van der Waals surface area contributed by atoms with E-state index in [1.807, 2.05) is 38.1 Å². The first-order valence-electron chi connectivity index (χ1n) is 11.0. The van der Waals surface area contributed by atoms with E-state index < -0.39 is 22.5 Å². The predicted molar refractivity (Wildman–Crippen MR) is 143 cm³/mol. The molecule has 0 aliphatic carbocycles. The molecule has 0 saturated carbocycles. The lowest BCUT2D eigenvalue weighted by Crippen LogP contribution is -2.39. The Morgan fingerprint density at radius 2 is 1.72 bits per heavy atom. The van der Waals surface area contributed by atoms with Crippen molar-refractivity contribution < 1.29 is 18.3 Å². The quantitative estimate of drug-likeness (QED) is 0.259. The second-order valence-electron chi connectivity index (χ2n) is 8.25. The molecule has 0 spiro atoms. The van der Waals surface area contributed by atoms with Gasteiger partial charge in [0.05, 0.1) is 16.8 Å². The van der Waals surface area contributed by atoms with Crippen LogP contribution in [0.15, 0.2) is 88.9 Å². The Hall–Kier alpha value is -3.88. The first-order chi connectivity index (χ1) is 17.2. The van der Waals surface area contributed by atoms with Crippen molar-refractivity contribution in [2.75, 3.05) is 10.8 Å². The van der Waals surface area contributed by atoms with Crippen LogP contribution in [0.3, 0.4) is 0 Å². The van der Waals surface area contributed by atoms with Crippen LogP contribution in [0.1, 0.15) is 16.7 Å². The molecule has 0 aromatic heterocycles. The van der Waals surface area contributed by atoms with Crippen LogP contribution in [-0.2, 0) is 14.8 Å². The average Bonchev–Trinajstić information content (AvgIpc) is 2.86. The van der Waals surface area contributed by atoms with Gasteiger partial charge in [0.15, 0.2) is 0 Å². The molecule has 4 aromatic carbocycles. The maximum Gasteiger partial charge on any atom is 0.264 e. The number of hydrogen-bond acceptors (Lipinski definition) is 5. The lowest BCUT2D eigenvalue weighted by atomic mass is 10.0. The van der Waals surface area contributed by atoms with E-state index in [1.54, 1.807) is 30.3 Å². The summed E-state index contributed by atoms with van der Waals surface area (Å²) >= 11 is 5.93. The number of halogens is 1. The average molecular weight is 522 g/mol. The Labute approximate surface area is 214 Å². The third-order valence-electron chi connectivity index (χ3n) is 5.80. The van der Waals surface area contributed by atoms with E-state index in [0.717, 1.165) is 26.2 Å². The van der Waals surface area contributed by atoms with Crippen molar-refractivity contribution in [2.45, 2.75) is 18.7 Å². The topological polar surface area (TPSA) is 99.1 Å². The maximum atomic E-state index is 13.5. The van der Waals surface area contributed by atoms with E-state index in [2.05, 4.69) is 10.5 Å². The van der Waals surface area contributed by atoms with E-state index in [4.69, 9.17) is 11.6 Å². The fraction of sp³-hybridized carbons (Fsp3) is 0.111. The number of nitrogens with one attached hydrogen (secondary N) is 1. The van der Waals surface area contributed by atoms with Crippen molar-refractivity contribution in [3.05, 3.63) is 101 Å². The number of phenols is 1. The zero-order valence-electron chi connectivity index (χ0n) is 19.6. The van der Waals surface area contributed by atoms with Crippen LogP contribution in [0.5, 0.6) is 5.75 Å². The van der Waals surface area contributed by atoms with Crippen molar-refractivity contribution in [2.24, 2.45) is 5.10 Å². The number of anilines is 1. The number of sulfonamides is 1. The first-order valence-corrected chi connectivity index (χ1v) is 12.9. The molecule has 0 heterocycles. The lowest BCUT2D eigenvalue weighted by Gasteiger charge is -2.24. The predicted octanol–water partition coefficient (Wildman–Crippen LogP) is 5.16. The van der Waals surface area contributed by atoms with Crippen LogP contribution in [0, 0.1) is 13.8 Å². The number of rotatable bonds is 7.